The highest BCUT2D eigenvalue weighted by Crippen LogP contribution is 2.30. The Morgan fingerprint density at radius 2 is 2.09 bits per heavy atom. The van der Waals surface area contributed by atoms with E-state index in [4.69, 9.17) is 4.74 Å². The summed E-state index contributed by atoms with van der Waals surface area (Å²) < 4.78 is 5.50. The van der Waals surface area contributed by atoms with Crippen LogP contribution in [0.5, 0.6) is 5.75 Å². The molecule has 4 nitrogen and oxygen atoms in total. The zero-order valence-electron chi connectivity index (χ0n) is 13.5. The van der Waals surface area contributed by atoms with E-state index in [1.54, 1.807) is 0 Å². The van der Waals surface area contributed by atoms with Crippen molar-refractivity contribution in [3.05, 3.63) is 29.8 Å². The van der Waals surface area contributed by atoms with Crippen LogP contribution in [0.2, 0.25) is 0 Å². The zero-order chi connectivity index (χ0) is 15.4. The first-order valence-corrected chi connectivity index (χ1v) is 8.50. The van der Waals surface area contributed by atoms with Crippen LogP contribution in [-0.2, 0) is 0 Å². The van der Waals surface area contributed by atoms with Gasteiger partial charge in [-0.15, -0.1) is 0 Å². The lowest BCUT2D eigenvalue weighted by atomic mass is 10.2. The van der Waals surface area contributed by atoms with Gasteiger partial charge in [0.1, 0.15) is 5.75 Å². The fourth-order valence-corrected chi connectivity index (χ4v) is 3.09. The van der Waals surface area contributed by atoms with Crippen molar-refractivity contribution in [1.82, 2.24) is 9.80 Å². The van der Waals surface area contributed by atoms with Gasteiger partial charge in [0.25, 0.3) is 5.91 Å². The Balaban J connectivity index is 1.60. The summed E-state index contributed by atoms with van der Waals surface area (Å²) in [4.78, 5) is 17.2. The van der Waals surface area contributed by atoms with Crippen molar-refractivity contribution in [3.8, 4) is 5.75 Å². The third kappa shape index (κ3) is 4.01. The highest BCUT2D eigenvalue weighted by Gasteiger charge is 2.26. The fourth-order valence-electron chi connectivity index (χ4n) is 3.09. The van der Waals surface area contributed by atoms with Crippen LogP contribution in [-0.4, -0.2) is 55.0 Å². The van der Waals surface area contributed by atoms with Crippen molar-refractivity contribution >= 4 is 5.91 Å². The van der Waals surface area contributed by atoms with E-state index in [9.17, 15) is 4.79 Å². The predicted molar refractivity (Wildman–Crippen MR) is 87.3 cm³/mol. The van der Waals surface area contributed by atoms with Gasteiger partial charge in [0.2, 0.25) is 0 Å². The maximum atomic E-state index is 12.7. The Labute approximate surface area is 133 Å². The van der Waals surface area contributed by atoms with Crippen molar-refractivity contribution < 1.29 is 9.53 Å². The second-order valence-corrected chi connectivity index (χ2v) is 6.35. The molecule has 0 atom stereocenters. The Morgan fingerprint density at radius 3 is 2.86 bits per heavy atom. The van der Waals surface area contributed by atoms with Gasteiger partial charge in [0.15, 0.2) is 0 Å². The van der Waals surface area contributed by atoms with E-state index < -0.39 is 0 Å². The lowest BCUT2D eigenvalue weighted by Gasteiger charge is -2.22. The molecular formula is C18H26N2O2. The van der Waals surface area contributed by atoms with E-state index in [1.165, 1.54) is 19.4 Å². The second kappa shape index (κ2) is 7.14. The van der Waals surface area contributed by atoms with Crippen LogP contribution < -0.4 is 4.74 Å². The minimum atomic E-state index is 0.134. The summed E-state index contributed by atoms with van der Waals surface area (Å²) >= 11 is 0. The summed E-state index contributed by atoms with van der Waals surface area (Å²) in [5.41, 5.74) is 0.738. The third-order valence-corrected chi connectivity index (χ3v) is 4.48. The highest BCUT2D eigenvalue weighted by atomic mass is 16.5. The van der Waals surface area contributed by atoms with Gasteiger partial charge in [-0.25, -0.2) is 0 Å². The maximum Gasteiger partial charge on any atom is 0.254 e. The molecule has 0 aromatic heterocycles. The molecule has 3 rings (SSSR count). The van der Waals surface area contributed by atoms with Crippen LogP contribution in [0.15, 0.2) is 24.3 Å². The summed E-state index contributed by atoms with van der Waals surface area (Å²) in [5, 5.41) is 0. The van der Waals surface area contributed by atoms with Crippen molar-refractivity contribution in [2.75, 3.05) is 39.3 Å². The summed E-state index contributed by atoms with van der Waals surface area (Å²) in [5.74, 6) is 1.83. The average Bonchev–Trinajstić information content (AvgIpc) is 3.35. The molecule has 120 valence electrons. The topological polar surface area (TPSA) is 32.8 Å². The molecule has 22 heavy (non-hydrogen) atoms. The first kappa shape index (κ1) is 15.3. The number of hydrogen-bond donors (Lipinski definition) is 0. The molecule has 1 saturated heterocycles. The van der Waals surface area contributed by atoms with E-state index in [0.717, 1.165) is 49.8 Å². The third-order valence-electron chi connectivity index (χ3n) is 4.48. The number of benzene rings is 1. The Kier molecular flexibility index (Phi) is 4.98. The number of hydrogen-bond acceptors (Lipinski definition) is 3. The quantitative estimate of drug-likeness (QED) is 0.838. The first-order chi connectivity index (χ1) is 10.8. The van der Waals surface area contributed by atoms with E-state index >= 15 is 0 Å². The molecule has 1 aromatic carbocycles. The van der Waals surface area contributed by atoms with Gasteiger partial charge in [0.05, 0.1) is 6.61 Å². The normalized spacial score (nSPS) is 19.8. The molecule has 1 heterocycles. The number of nitrogens with zero attached hydrogens (tertiary/aromatic N) is 2. The van der Waals surface area contributed by atoms with Gasteiger partial charge >= 0.3 is 0 Å². The monoisotopic (exact) mass is 302 g/mol. The van der Waals surface area contributed by atoms with Crippen molar-refractivity contribution in [2.24, 2.45) is 5.92 Å². The van der Waals surface area contributed by atoms with E-state index in [1.807, 2.05) is 36.1 Å². The van der Waals surface area contributed by atoms with Crippen LogP contribution in [0.3, 0.4) is 0 Å². The molecule has 1 aliphatic carbocycles. The molecule has 0 spiro atoms. The number of amides is 1. The van der Waals surface area contributed by atoms with Crippen molar-refractivity contribution in [3.63, 3.8) is 0 Å². The molecule has 0 N–H and O–H groups in total. The molecule has 4 heteroatoms. The molecule has 1 saturated carbocycles. The lowest BCUT2D eigenvalue weighted by Crippen LogP contribution is -2.35. The van der Waals surface area contributed by atoms with Gasteiger partial charge in [-0.05, 0) is 56.8 Å². The molecule has 0 bridgehead atoms. The zero-order valence-corrected chi connectivity index (χ0v) is 13.5. The molecule has 1 aliphatic heterocycles. The molecule has 2 fully saturated rings. The van der Waals surface area contributed by atoms with Gasteiger partial charge in [0, 0.05) is 31.7 Å². The van der Waals surface area contributed by atoms with Crippen LogP contribution in [0.4, 0.5) is 0 Å². The van der Waals surface area contributed by atoms with E-state index in [2.05, 4.69) is 4.90 Å². The summed E-state index contributed by atoms with van der Waals surface area (Å²) in [6.45, 7) is 7.63. The Hall–Kier alpha value is -1.55. The Bertz CT molecular complexity index is 514. The molecular weight excluding hydrogens is 276 g/mol. The molecule has 1 aromatic rings. The van der Waals surface area contributed by atoms with Crippen LogP contribution in [0, 0.1) is 5.92 Å². The largest absolute Gasteiger partial charge is 0.494 e. The van der Waals surface area contributed by atoms with Gasteiger partial charge < -0.3 is 14.5 Å². The number of carbonyl (C=O) groups is 1. The smallest absolute Gasteiger partial charge is 0.254 e. The predicted octanol–water partition coefficient (Wildman–Crippen LogP) is 2.64. The minimum absolute atomic E-state index is 0.134. The van der Waals surface area contributed by atoms with Crippen molar-refractivity contribution in [1.29, 1.82) is 0 Å². The van der Waals surface area contributed by atoms with E-state index in [-0.39, 0.29) is 5.91 Å². The minimum Gasteiger partial charge on any atom is -0.494 e. The highest BCUT2D eigenvalue weighted by molar-refractivity contribution is 5.94. The SMILES string of the molecule is CCOc1cccc(C(=O)N2CCCN(CC3CC3)CC2)c1. The summed E-state index contributed by atoms with van der Waals surface area (Å²) in [6, 6.07) is 7.55. The number of carbonyl (C=O) groups excluding carboxylic acids is 1. The van der Waals surface area contributed by atoms with E-state index in [0.29, 0.717) is 6.61 Å². The van der Waals surface area contributed by atoms with Crippen molar-refractivity contribution in [2.45, 2.75) is 26.2 Å². The van der Waals surface area contributed by atoms with Gasteiger partial charge in [-0.2, -0.15) is 0 Å². The van der Waals surface area contributed by atoms with Gasteiger partial charge in [-0.1, -0.05) is 6.07 Å². The fraction of sp³-hybridized carbons (Fsp3) is 0.611. The number of ether oxygens (including phenoxy) is 1. The van der Waals surface area contributed by atoms with Gasteiger partial charge in [-0.3, -0.25) is 4.79 Å². The van der Waals surface area contributed by atoms with Crippen LogP contribution in [0.25, 0.3) is 0 Å². The summed E-state index contributed by atoms with van der Waals surface area (Å²) in [7, 11) is 0. The Morgan fingerprint density at radius 1 is 1.23 bits per heavy atom. The molecule has 1 amide bonds. The van der Waals surface area contributed by atoms with Crippen LogP contribution >= 0.6 is 0 Å². The van der Waals surface area contributed by atoms with Crippen LogP contribution in [0.1, 0.15) is 36.5 Å². The first-order valence-electron chi connectivity index (χ1n) is 8.50. The molecule has 2 aliphatic rings. The second-order valence-electron chi connectivity index (χ2n) is 6.35. The lowest BCUT2D eigenvalue weighted by molar-refractivity contribution is 0.0761. The molecule has 0 unspecified atom stereocenters. The standard InChI is InChI=1S/C18H26N2O2/c1-2-22-17-6-3-5-16(13-17)18(21)20-10-4-9-19(11-12-20)14-15-7-8-15/h3,5-6,13,15H,2,4,7-12,14H2,1H3. The number of rotatable bonds is 5. The summed E-state index contributed by atoms with van der Waals surface area (Å²) in [6.07, 6.45) is 3.86. The maximum absolute atomic E-state index is 12.7. The molecule has 0 radical (unpaired) electrons. The average molecular weight is 302 g/mol.